The summed E-state index contributed by atoms with van der Waals surface area (Å²) in [5, 5.41) is 7.04. The first kappa shape index (κ1) is 16.1. The van der Waals surface area contributed by atoms with Gasteiger partial charge in [0.1, 0.15) is 5.75 Å². The topological polar surface area (TPSA) is 72.3 Å². The number of ether oxygens (including phenoxy) is 1. The van der Waals surface area contributed by atoms with Crippen LogP contribution >= 0.6 is 0 Å². The molecule has 3 aromatic rings. The standard InChI is InChI=1S/C19H19N5O2/c1-26-17-5-3-14-7-10-23(13-15(14)11-17)19(25)22-16-4-6-18(20-12-16)24-9-2-8-21-24/h2-6,8-9,11-12H,7,10,13H2,1H3,(H,22,25). The van der Waals surface area contributed by atoms with Crippen LogP contribution < -0.4 is 10.1 Å². The first-order valence-corrected chi connectivity index (χ1v) is 8.41. The average Bonchev–Trinajstić information content (AvgIpc) is 3.22. The van der Waals surface area contributed by atoms with Crippen molar-refractivity contribution in [2.75, 3.05) is 19.0 Å². The lowest BCUT2D eigenvalue weighted by Crippen LogP contribution is -2.38. The van der Waals surface area contributed by atoms with Crippen LogP contribution in [0.25, 0.3) is 5.82 Å². The van der Waals surface area contributed by atoms with E-state index in [1.54, 1.807) is 29.1 Å². The van der Waals surface area contributed by atoms with Crippen LogP contribution in [0.2, 0.25) is 0 Å². The molecule has 0 aliphatic carbocycles. The summed E-state index contributed by atoms with van der Waals surface area (Å²) in [5.74, 6) is 1.51. The highest BCUT2D eigenvalue weighted by atomic mass is 16.5. The summed E-state index contributed by atoms with van der Waals surface area (Å²) in [5.41, 5.74) is 3.04. The predicted octanol–water partition coefficient (Wildman–Crippen LogP) is 2.87. The van der Waals surface area contributed by atoms with Gasteiger partial charge in [-0.05, 0) is 47.9 Å². The molecular weight excluding hydrogens is 330 g/mol. The van der Waals surface area contributed by atoms with Crippen LogP contribution in [-0.2, 0) is 13.0 Å². The minimum absolute atomic E-state index is 0.132. The Morgan fingerprint density at radius 3 is 2.88 bits per heavy atom. The van der Waals surface area contributed by atoms with Gasteiger partial charge in [-0.2, -0.15) is 5.10 Å². The summed E-state index contributed by atoms with van der Waals surface area (Å²) in [6.45, 7) is 1.25. The number of pyridine rings is 1. The summed E-state index contributed by atoms with van der Waals surface area (Å²) in [7, 11) is 1.65. The summed E-state index contributed by atoms with van der Waals surface area (Å²) >= 11 is 0. The second kappa shape index (κ2) is 6.87. The molecule has 2 amide bonds. The van der Waals surface area contributed by atoms with E-state index in [4.69, 9.17) is 4.74 Å². The second-order valence-electron chi connectivity index (χ2n) is 6.09. The summed E-state index contributed by atoms with van der Waals surface area (Å²) in [4.78, 5) is 18.7. The minimum Gasteiger partial charge on any atom is -0.497 e. The molecule has 0 saturated heterocycles. The molecule has 3 heterocycles. The van der Waals surface area contributed by atoms with Crippen LogP contribution in [0.5, 0.6) is 5.75 Å². The number of aromatic nitrogens is 3. The number of hydrogen-bond acceptors (Lipinski definition) is 4. The van der Waals surface area contributed by atoms with Crippen LogP contribution in [0.15, 0.2) is 55.0 Å². The molecule has 0 saturated carbocycles. The number of anilines is 1. The van der Waals surface area contributed by atoms with Crippen LogP contribution in [0.4, 0.5) is 10.5 Å². The van der Waals surface area contributed by atoms with Gasteiger partial charge in [-0.3, -0.25) is 0 Å². The number of fused-ring (bicyclic) bond motifs is 1. The molecule has 0 unspecified atom stereocenters. The van der Waals surface area contributed by atoms with Gasteiger partial charge in [-0.1, -0.05) is 6.07 Å². The van der Waals surface area contributed by atoms with Crippen molar-refractivity contribution in [2.24, 2.45) is 0 Å². The van der Waals surface area contributed by atoms with E-state index in [0.29, 0.717) is 24.6 Å². The number of amides is 2. The summed E-state index contributed by atoms with van der Waals surface area (Å²) in [6.07, 6.45) is 5.99. The number of hydrogen-bond donors (Lipinski definition) is 1. The van der Waals surface area contributed by atoms with Crippen molar-refractivity contribution < 1.29 is 9.53 Å². The first-order valence-electron chi connectivity index (χ1n) is 8.41. The Kier molecular flexibility index (Phi) is 4.27. The number of rotatable bonds is 3. The zero-order valence-corrected chi connectivity index (χ0v) is 14.4. The van der Waals surface area contributed by atoms with Crippen molar-refractivity contribution in [1.29, 1.82) is 0 Å². The second-order valence-corrected chi connectivity index (χ2v) is 6.09. The lowest BCUT2D eigenvalue weighted by molar-refractivity contribution is 0.206. The third-order valence-electron chi connectivity index (χ3n) is 4.45. The number of carbonyl (C=O) groups is 1. The normalized spacial score (nSPS) is 13.2. The van der Waals surface area contributed by atoms with E-state index in [-0.39, 0.29) is 6.03 Å². The third-order valence-corrected chi connectivity index (χ3v) is 4.45. The van der Waals surface area contributed by atoms with E-state index in [9.17, 15) is 4.79 Å². The molecule has 0 atom stereocenters. The maximum absolute atomic E-state index is 12.6. The Labute approximate surface area is 151 Å². The smallest absolute Gasteiger partial charge is 0.322 e. The van der Waals surface area contributed by atoms with Crippen LogP contribution in [0.3, 0.4) is 0 Å². The van der Waals surface area contributed by atoms with Crippen molar-refractivity contribution in [3.8, 4) is 11.6 Å². The van der Waals surface area contributed by atoms with Crippen molar-refractivity contribution in [1.82, 2.24) is 19.7 Å². The highest BCUT2D eigenvalue weighted by Crippen LogP contribution is 2.24. The van der Waals surface area contributed by atoms with Crippen molar-refractivity contribution in [3.63, 3.8) is 0 Å². The van der Waals surface area contributed by atoms with Gasteiger partial charge in [0.25, 0.3) is 0 Å². The van der Waals surface area contributed by atoms with Crippen molar-refractivity contribution in [2.45, 2.75) is 13.0 Å². The Balaban J connectivity index is 1.43. The molecule has 4 rings (SSSR count). The molecule has 7 nitrogen and oxygen atoms in total. The number of urea groups is 1. The third kappa shape index (κ3) is 3.23. The van der Waals surface area contributed by atoms with Crippen molar-refractivity contribution in [3.05, 3.63) is 66.1 Å². The molecule has 1 N–H and O–H groups in total. The number of nitrogens with one attached hydrogen (secondary N) is 1. The Morgan fingerprint density at radius 2 is 2.15 bits per heavy atom. The number of nitrogens with zero attached hydrogens (tertiary/aromatic N) is 4. The Bertz CT molecular complexity index is 906. The molecule has 1 aliphatic rings. The SMILES string of the molecule is COc1ccc2c(c1)CN(C(=O)Nc1ccc(-n3cccn3)nc1)CC2. The molecule has 1 aromatic carbocycles. The lowest BCUT2D eigenvalue weighted by atomic mass is 10.00. The van der Waals surface area contributed by atoms with Gasteiger partial charge in [0, 0.05) is 25.5 Å². The van der Waals surface area contributed by atoms with Crippen LogP contribution in [0, 0.1) is 0 Å². The molecule has 2 aromatic heterocycles. The van der Waals surface area contributed by atoms with E-state index in [1.165, 1.54) is 5.56 Å². The van der Waals surface area contributed by atoms with Gasteiger partial charge in [-0.15, -0.1) is 0 Å². The zero-order valence-electron chi connectivity index (χ0n) is 14.4. The minimum atomic E-state index is -0.132. The molecule has 0 bridgehead atoms. The zero-order chi connectivity index (χ0) is 17.9. The van der Waals surface area contributed by atoms with Crippen LogP contribution in [0.1, 0.15) is 11.1 Å². The predicted molar refractivity (Wildman–Crippen MR) is 97.5 cm³/mol. The molecule has 0 radical (unpaired) electrons. The Hall–Kier alpha value is -3.35. The number of methoxy groups -OCH3 is 1. The van der Waals surface area contributed by atoms with Gasteiger partial charge >= 0.3 is 6.03 Å². The van der Waals surface area contributed by atoms with Gasteiger partial charge < -0.3 is 15.0 Å². The summed E-state index contributed by atoms with van der Waals surface area (Å²) < 4.78 is 6.95. The van der Waals surface area contributed by atoms with E-state index in [1.807, 2.05) is 36.5 Å². The fraction of sp³-hybridized carbons (Fsp3) is 0.211. The monoisotopic (exact) mass is 349 g/mol. The molecule has 132 valence electrons. The molecule has 1 aliphatic heterocycles. The maximum Gasteiger partial charge on any atom is 0.322 e. The van der Waals surface area contributed by atoms with E-state index in [0.717, 1.165) is 17.7 Å². The molecule has 0 fully saturated rings. The van der Waals surface area contributed by atoms with E-state index < -0.39 is 0 Å². The molecule has 26 heavy (non-hydrogen) atoms. The number of carbonyl (C=O) groups excluding carboxylic acids is 1. The van der Waals surface area contributed by atoms with E-state index in [2.05, 4.69) is 21.5 Å². The fourth-order valence-electron chi connectivity index (χ4n) is 3.04. The van der Waals surface area contributed by atoms with Gasteiger partial charge in [0.15, 0.2) is 5.82 Å². The molecule has 0 spiro atoms. The fourth-order valence-corrected chi connectivity index (χ4v) is 3.04. The molecule has 7 heteroatoms. The van der Waals surface area contributed by atoms with Gasteiger partial charge in [0.2, 0.25) is 0 Å². The quantitative estimate of drug-likeness (QED) is 0.789. The number of benzene rings is 1. The van der Waals surface area contributed by atoms with Gasteiger partial charge in [0.05, 0.1) is 19.0 Å². The summed E-state index contributed by atoms with van der Waals surface area (Å²) in [6, 6.07) is 11.4. The highest BCUT2D eigenvalue weighted by Gasteiger charge is 2.21. The highest BCUT2D eigenvalue weighted by molar-refractivity contribution is 5.89. The van der Waals surface area contributed by atoms with E-state index >= 15 is 0 Å². The van der Waals surface area contributed by atoms with Crippen LogP contribution in [-0.4, -0.2) is 39.4 Å². The average molecular weight is 349 g/mol. The lowest BCUT2D eigenvalue weighted by Gasteiger charge is -2.29. The van der Waals surface area contributed by atoms with Gasteiger partial charge in [-0.25, -0.2) is 14.5 Å². The largest absolute Gasteiger partial charge is 0.497 e. The maximum atomic E-state index is 12.6. The van der Waals surface area contributed by atoms with Crippen molar-refractivity contribution >= 4 is 11.7 Å². The Morgan fingerprint density at radius 1 is 1.23 bits per heavy atom. The molecular formula is C19H19N5O2. The first-order chi connectivity index (χ1) is 12.7.